The van der Waals surface area contributed by atoms with Gasteiger partial charge < -0.3 is 15.4 Å². The molecule has 1 unspecified atom stereocenters. The number of nitro groups is 1. The maximum atomic E-state index is 11.9. The van der Waals surface area contributed by atoms with Gasteiger partial charge in [-0.1, -0.05) is 18.2 Å². The minimum Gasteiger partial charge on any atom is -0.489 e. The molecular formula is C17H19N3O4. The molecule has 0 spiro atoms. The van der Waals surface area contributed by atoms with Crippen LogP contribution in [0.3, 0.4) is 0 Å². The number of hydrogen-bond acceptors (Lipinski definition) is 5. The highest BCUT2D eigenvalue weighted by Crippen LogP contribution is 2.22. The first-order valence-electron chi connectivity index (χ1n) is 7.47. The number of benzene rings is 2. The molecule has 0 saturated carbocycles. The summed E-state index contributed by atoms with van der Waals surface area (Å²) in [5, 5.41) is 16.5. The van der Waals surface area contributed by atoms with E-state index in [0.29, 0.717) is 12.2 Å². The number of nitro benzene ring substituents is 1. The second-order valence-electron chi connectivity index (χ2n) is 5.19. The highest BCUT2D eigenvalue weighted by atomic mass is 16.6. The molecule has 0 aliphatic carbocycles. The summed E-state index contributed by atoms with van der Waals surface area (Å²) in [4.78, 5) is 22.3. The monoisotopic (exact) mass is 329 g/mol. The van der Waals surface area contributed by atoms with E-state index in [1.54, 1.807) is 0 Å². The van der Waals surface area contributed by atoms with Gasteiger partial charge in [-0.15, -0.1) is 0 Å². The number of hydrogen-bond donors (Lipinski definition) is 2. The van der Waals surface area contributed by atoms with Crippen molar-refractivity contribution in [3.8, 4) is 5.75 Å². The van der Waals surface area contributed by atoms with Gasteiger partial charge in [0.1, 0.15) is 11.9 Å². The minimum absolute atomic E-state index is 0.132. The Bertz CT molecular complexity index is 719. The molecule has 2 aromatic carbocycles. The molecule has 0 aliphatic heterocycles. The molecule has 24 heavy (non-hydrogen) atoms. The van der Waals surface area contributed by atoms with Crippen LogP contribution in [0.25, 0.3) is 0 Å². The minimum atomic E-state index is -0.530. The molecule has 0 saturated heterocycles. The van der Waals surface area contributed by atoms with E-state index in [-0.39, 0.29) is 17.4 Å². The summed E-state index contributed by atoms with van der Waals surface area (Å²) in [6.07, 6.45) is -0.153. The maximum Gasteiger partial charge on any atom is 0.270 e. The lowest BCUT2D eigenvalue weighted by molar-refractivity contribution is -0.384. The zero-order valence-corrected chi connectivity index (χ0v) is 13.5. The lowest BCUT2D eigenvalue weighted by Crippen LogP contribution is -2.25. The van der Waals surface area contributed by atoms with Crippen LogP contribution >= 0.6 is 0 Å². The molecule has 0 bridgehead atoms. The number of anilines is 1. The van der Waals surface area contributed by atoms with Crippen molar-refractivity contribution in [2.75, 3.05) is 18.9 Å². The highest BCUT2D eigenvalue weighted by molar-refractivity contribution is 6.00. The number of nitrogens with zero attached hydrogens (tertiary/aromatic N) is 1. The van der Waals surface area contributed by atoms with Crippen LogP contribution < -0.4 is 15.4 Å². The van der Waals surface area contributed by atoms with Gasteiger partial charge in [0, 0.05) is 24.9 Å². The van der Waals surface area contributed by atoms with Crippen molar-refractivity contribution in [1.82, 2.24) is 5.32 Å². The first-order valence-corrected chi connectivity index (χ1v) is 7.47. The Morgan fingerprint density at radius 1 is 1.25 bits per heavy atom. The van der Waals surface area contributed by atoms with Crippen LogP contribution in [0.4, 0.5) is 11.4 Å². The summed E-state index contributed by atoms with van der Waals surface area (Å²) in [7, 11) is 1.48. The molecule has 2 rings (SSSR count). The third-order valence-electron chi connectivity index (χ3n) is 3.35. The zero-order chi connectivity index (χ0) is 17.5. The molecule has 126 valence electrons. The van der Waals surface area contributed by atoms with Gasteiger partial charge in [0.25, 0.3) is 11.6 Å². The molecular weight excluding hydrogens is 310 g/mol. The number of nitrogens with one attached hydrogen (secondary N) is 2. The third kappa shape index (κ3) is 4.45. The van der Waals surface area contributed by atoms with Crippen LogP contribution in [0.2, 0.25) is 0 Å². The first-order chi connectivity index (χ1) is 11.5. The number of rotatable bonds is 7. The van der Waals surface area contributed by atoms with E-state index >= 15 is 0 Å². The number of amides is 1. The molecule has 2 N–H and O–H groups in total. The largest absolute Gasteiger partial charge is 0.489 e. The summed E-state index contributed by atoms with van der Waals surface area (Å²) in [6, 6.07) is 13.5. The van der Waals surface area contributed by atoms with Gasteiger partial charge in [-0.2, -0.15) is 0 Å². The highest BCUT2D eigenvalue weighted by Gasteiger charge is 2.16. The predicted octanol–water partition coefficient (Wildman–Crippen LogP) is 2.83. The second kappa shape index (κ2) is 7.96. The van der Waals surface area contributed by atoms with Crippen LogP contribution in [-0.4, -0.2) is 30.5 Å². The lowest BCUT2D eigenvalue weighted by atomic mass is 10.1. The summed E-state index contributed by atoms with van der Waals surface area (Å²) >= 11 is 0. The van der Waals surface area contributed by atoms with Crippen LogP contribution in [-0.2, 0) is 0 Å². The number of carbonyl (C=O) groups is 1. The Morgan fingerprint density at radius 2 is 1.96 bits per heavy atom. The topological polar surface area (TPSA) is 93.5 Å². The average molecular weight is 329 g/mol. The molecule has 0 radical (unpaired) electrons. The van der Waals surface area contributed by atoms with Crippen molar-refractivity contribution in [2.24, 2.45) is 0 Å². The van der Waals surface area contributed by atoms with Gasteiger partial charge in [-0.05, 0) is 25.1 Å². The molecule has 0 heterocycles. The standard InChI is InChI=1S/C17H19N3O4/c1-12(24-14-6-4-3-5-7-14)11-19-16-9-8-13(20(22)23)10-15(16)17(21)18-2/h3-10,12,19H,11H2,1-2H3,(H,18,21). The quantitative estimate of drug-likeness (QED) is 0.602. The van der Waals surface area contributed by atoms with E-state index in [4.69, 9.17) is 4.74 Å². The fourth-order valence-electron chi connectivity index (χ4n) is 2.15. The normalized spacial score (nSPS) is 11.4. The molecule has 7 nitrogen and oxygen atoms in total. The average Bonchev–Trinajstić information content (AvgIpc) is 2.60. The van der Waals surface area contributed by atoms with Gasteiger partial charge in [-0.3, -0.25) is 14.9 Å². The molecule has 0 aromatic heterocycles. The molecule has 0 fully saturated rings. The third-order valence-corrected chi connectivity index (χ3v) is 3.35. The smallest absolute Gasteiger partial charge is 0.270 e. The van der Waals surface area contributed by atoms with E-state index in [0.717, 1.165) is 5.75 Å². The van der Waals surface area contributed by atoms with Gasteiger partial charge in [-0.25, -0.2) is 0 Å². The van der Waals surface area contributed by atoms with Crippen molar-refractivity contribution >= 4 is 17.3 Å². The van der Waals surface area contributed by atoms with Crippen molar-refractivity contribution in [3.63, 3.8) is 0 Å². The first kappa shape index (κ1) is 17.3. The fraction of sp³-hybridized carbons (Fsp3) is 0.235. The molecule has 2 aromatic rings. The second-order valence-corrected chi connectivity index (χ2v) is 5.19. The van der Waals surface area contributed by atoms with Crippen molar-refractivity contribution in [1.29, 1.82) is 0 Å². The van der Waals surface area contributed by atoms with Gasteiger partial charge in [0.15, 0.2) is 0 Å². The van der Waals surface area contributed by atoms with Crippen LogP contribution in [0.5, 0.6) is 5.75 Å². The number of ether oxygens (including phenoxy) is 1. The molecule has 1 amide bonds. The molecule has 0 aliphatic rings. The Labute approximate surface area is 139 Å². The van der Waals surface area contributed by atoms with Gasteiger partial charge in [0.05, 0.1) is 17.0 Å². The maximum absolute atomic E-state index is 11.9. The molecule has 7 heteroatoms. The summed E-state index contributed by atoms with van der Waals surface area (Å²) in [6.45, 7) is 2.33. The fourth-order valence-corrected chi connectivity index (χ4v) is 2.15. The molecule has 1 atom stereocenters. The Hall–Kier alpha value is -3.09. The van der Waals surface area contributed by atoms with Crippen molar-refractivity contribution in [2.45, 2.75) is 13.0 Å². The van der Waals surface area contributed by atoms with E-state index in [2.05, 4.69) is 10.6 Å². The van der Waals surface area contributed by atoms with Gasteiger partial charge in [0.2, 0.25) is 0 Å². The summed E-state index contributed by atoms with van der Waals surface area (Å²) in [5.74, 6) is 0.361. The number of para-hydroxylation sites is 1. The SMILES string of the molecule is CNC(=O)c1cc([N+](=O)[O-])ccc1NCC(C)Oc1ccccc1. The predicted molar refractivity (Wildman–Crippen MR) is 91.5 cm³/mol. The van der Waals surface area contributed by atoms with Crippen LogP contribution in [0.1, 0.15) is 17.3 Å². The Morgan fingerprint density at radius 3 is 2.58 bits per heavy atom. The summed E-state index contributed by atoms with van der Waals surface area (Å²) in [5.41, 5.74) is 0.606. The van der Waals surface area contributed by atoms with E-state index in [1.165, 1.54) is 25.2 Å². The zero-order valence-electron chi connectivity index (χ0n) is 13.5. The van der Waals surface area contributed by atoms with E-state index < -0.39 is 10.8 Å². The van der Waals surface area contributed by atoms with Crippen molar-refractivity contribution in [3.05, 3.63) is 64.2 Å². The van der Waals surface area contributed by atoms with Crippen LogP contribution in [0, 0.1) is 10.1 Å². The summed E-state index contributed by atoms with van der Waals surface area (Å²) < 4.78 is 5.75. The Balaban J connectivity index is 2.08. The Kier molecular flexibility index (Phi) is 5.73. The lowest BCUT2D eigenvalue weighted by Gasteiger charge is -2.17. The van der Waals surface area contributed by atoms with Crippen molar-refractivity contribution < 1.29 is 14.5 Å². The number of non-ortho nitro benzene ring substituents is 1. The van der Waals surface area contributed by atoms with E-state index in [9.17, 15) is 14.9 Å². The van der Waals surface area contributed by atoms with Gasteiger partial charge >= 0.3 is 0 Å². The number of carbonyl (C=O) groups excluding carboxylic acids is 1. The van der Waals surface area contributed by atoms with E-state index in [1.807, 2.05) is 37.3 Å². The van der Waals surface area contributed by atoms with Crippen LogP contribution in [0.15, 0.2) is 48.5 Å².